The molecule has 0 spiro atoms. The summed E-state index contributed by atoms with van der Waals surface area (Å²) in [5.41, 5.74) is 2.43. The van der Waals surface area contributed by atoms with Crippen LogP contribution in [0, 0.1) is 0 Å². The Hall–Kier alpha value is -2.01. The average Bonchev–Trinajstić information content (AvgIpc) is 2.94. The lowest BCUT2D eigenvalue weighted by Crippen LogP contribution is -2.23. The van der Waals surface area contributed by atoms with Gasteiger partial charge in [0.05, 0.1) is 0 Å². The van der Waals surface area contributed by atoms with Crippen LogP contribution in [0.4, 0.5) is 5.82 Å². The Morgan fingerprint density at radius 3 is 2.67 bits per heavy atom. The molecule has 1 aliphatic rings. The van der Waals surface area contributed by atoms with Crippen LogP contribution in [0.15, 0.2) is 47.1 Å². The number of fused-ring (bicyclic) bond motifs is 1. The van der Waals surface area contributed by atoms with Crippen molar-refractivity contribution in [3.05, 3.63) is 47.1 Å². The smallest absolute Gasteiger partial charge is 0.139 e. The molecule has 2 N–H and O–H groups in total. The summed E-state index contributed by atoms with van der Waals surface area (Å²) in [6.07, 6.45) is 8.25. The number of phenolic OH excluding ortho intramolecular Hbond substituents is 1. The van der Waals surface area contributed by atoms with E-state index in [-0.39, 0.29) is 5.75 Å². The van der Waals surface area contributed by atoms with Crippen molar-refractivity contribution in [3.63, 3.8) is 0 Å². The quantitative estimate of drug-likeness (QED) is 0.649. The minimum atomic E-state index is 0.256. The van der Waals surface area contributed by atoms with Crippen LogP contribution in [0.5, 0.6) is 5.75 Å². The number of hydrogen-bond acceptors (Lipinski definition) is 3. The molecule has 124 valence electrons. The third-order valence-corrected chi connectivity index (χ3v) is 5.16. The fourth-order valence-corrected chi connectivity index (χ4v) is 3.80. The first-order valence-corrected chi connectivity index (χ1v) is 9.24. The fourth-order valence-electron chi connectivity index (χ4n) is 3.46. The fraction of sp³-hybridized carbons (Fsp3) is 0.316. The number of imidazole rings is 1. The Kier molecular flexibility index (Phi) is 4.19. The van der Waals surface area contributed by atoms with Gasteiger partial charge in [0.2, 0.25) is 0 Å². The first-order chi connectivity index (χ1) is 11.7. The normalized spacial score (nSPS) is 15.7. The van der Waals surface area contributed by atoms with Crippen LogP contribution in [0.1, 0.15) is 32.1 Å². The van der Waals surface area contributed by atoms with Crippen molar-refractivity contribution in [2.24, 2.45) is 0 Å². The number of nitrogens with zero attached hydrogens (tertiary/aromatic N) is 2. The van der Waals surface area contributed by atoms with Crippen LogP contribution in [0.3, 0.4) is 0 Å². The Morgan fingerprint density at radius 1 is 1.08 bits per heavy atom. The van der Waals surface area contributed by atoms with Gasteiger partial charge in [-0.3, -0.25) is 4.40 Å². The van der Waals surface area contributed by atoms with Gasteiger partial charge in [-0.05, 0) is 53.0 Å². The van der Waals surface area contributed by atoms with Gasteiger partial charge in [0.15, 0.2) is 0 Å². The molecule has 0 atom stereocenters. The zero-order valence-electron chi connectivity index (χ0n) is 13.4. The Morgan fingerprint density at radius 2 is 1.88 bits per heavy atom. The molecule has 1 saturated carbocycles. The minimum Gasteiger partial charge on any atom is -0.507 e. The third kappa shape index (κ3) is 2.88. The van der Waals surface area contributed by atoms with E-state index in [1.54, 1.807) is 6.07 Å². The lowest BCUT2D eigenvalue weighted by molar-refractivity contribution is 0.461. The number of anilines is 1. The predicted molar refractivity (Wildman–Crippen MR) is 100 cm³/mol. The SMILES string of the molecule is Oc1ccccc1-c1nc2ccc(Br)cn2c1NC1CCCCC1. The Labute approximate surface area is 149 Å². The summed E-state index contributed by atoms with van der Waals surface area (Å²) >= 11 is 3.55. The Balaban J connectivity index is 1.85. The summed E-state index contributed by atoms with van der Waals surface area (Å²) in [6, 6.07) is 11.8. The molecule has 1 aromatic carbocycles. The average molecular weight is 386 g/mol. The van der Waals surface area contributed by atoms with E-state index in [1.807, 2.05) is 36.5 Å². The standard InChI is InChI=1S/C19H20BrN3O/c20-13-10-11-17-22-18(15-8-4-5-9-16(15)24)19(23(17)12-13)21-14-6-2-1-3-7-14/h4-5,8-12,14,21,24H,1-3,6-7H2. The van der Waals surface area contributed by atoms with E-state index in [9.17, 15) is 5.11 Å². The van der Waals surface area contributed by atoms with Gasteiger partial charge in [-0.1, -0.05) is 31.4 Å². The number of nitrogens with one attached hydrogen (secondary N) is 1. The molecule has 24 heavy (non-hydrogen) atoms. The molecule has 4 nitrogen and oxygen atoms in total. The van der Waals surface area contributed by atoms with Crippen molar-refractivity contribution in [3.8, 4) is 17.0 Å². The highest BCUT2D eigenvalue weighted by atomic mass is 79.9. The summed E-state index contributed by atoms with van der Waals surface area (Å²) in [5.74, 6) is 1.21. The van der Waals surface area contributed by atoms with Crippen LogP contribution in [0.25, 0.3) is 16.9 Å². The van der Waals surface area contributed by atoms with Gasteiger partial charge < -0.3 is 10.4 Å². The number of phenols is 1. The van der Waals surface area contributed by atoms with Crippen LogP contribution in [0.2, 0.25) is 0 Å². The topological polar surface area (TPSA) is 49.6 Å². The van der Waals surface area contributed by atoms with Gasteiger partial charge in [-0.25, -0.2) is 4.98 Å². The number of halogens is 1. The van der Waals surface area contributed by atoms with Crippen molar-refractivity contribution >= 4 is 27.4 Å². The van der Waals surface area contributed by atoms with Crippen molar-refractivity contribution < 1.29 is 5.11 Å². The second-order valence-electron chi connectivity index (χ2n) is 6.38. The number of hydrogen-bond donors (Lipinski definition) is 2. The maximum absolute atomic E-state index is 10.3. The second kappa shape index (κ2) is 6.48. The van der Waals surface area contributed by atoms with Crippen LogP contribution in [-0.2, 0) is 0 Å². The molecule has 0 bridgehead atoms. The zero-order valence-corrected chi connectivity index (χ0v) is 15.0. The number of aromatic hydroxyl groups is 1. The van der Waals surface area contributed by atoms with E-state index >= 15 is 0 Å². The molecule has 3 aromatic rings. The molecule has 0 saturated heterocycles. The summed E-state index contributed by atoms with van der Waals surface area (Å²) in [7, 11) is 0. The molecule has 0 radical (unpaired) electrons. The summed E-state index contributed by atoms with van der Waals surface area (Å²) < 4.78 is 3.07. The molecule has 2 heterocycles. The molecule has 2 aromatic heterocycles. The van der Waals surface area contributed by atoms with Crippen LogP contribution < -0.4 is 5.32 Å². The van der Waals surface area contributed by atoms with Crippen molar-refractivity contribution in [2.75, 3.05) is 5.32 Å². The second-order valence-corrected chi connectivity index (χ2v) is 7.30. The molecule has 1 fully saturated rings. The van der Waals surface area contributed by atoms with Crippen molar-refractivity contribution in [1.82, 2.24) is 9.38 Å². The van der Waals surface area contributed by atoms with E-state index < -0.39 is 0 Å². The van der Waals surface area contributed by atoms with Gasteiger partial charge in [-0.2, -0.15) is 0 Å². The summed E-state index contributed by atoms with van der Waals surface area (Å²) in [6.45, 7) is 0. The molecule has 4 rings (SSSR count). The highest BCUT2D eigenvalue weighted by Gasteiger charge is 2.21. The molecular formula is C19H20BrN3O. The highest BCUT2D eigenvalue weighted by Crippen LogP contribution is 2.36. The van der Waals surface area contributed by atoms with Crippen LogP contribution in [-0.4, -0.2) is 20.5 Å². The highest BCUT2D eigenvalue weighted by molar-refractivity contribution is 9.10. The largest absolute Gasteiger partial charge is 0.507 e. The van der Waals surface area contributed by atoms with E-state index in [1.165, 1.54) is 32.1 Å². The lowest BCUT2D eigenvalue weighted by atomic mass is 9.95. The van der Waals surface area contributed by atoms with Crippen molar-refractivity contribution in [2.45, 2.75) is 38.1 Å². The maximum Gasteiger partial charge on any atom is 0.139 e. The number of pyridine rings is 1. The van der Waals surface area contributed by atoms with E-state index in [0.29, 0.717) is 6.04 Å². The lowest BCUT2D eigenvalue weighted by Gasteiger charge is -2.24. The van der Waals surface area contributed by atoms with Gasteiger partial charge in [0.1, 0.15) is 22.9 Å². The molecule has 1 aliphatic carbocycles. The first-order valence-electron chi connectivity index (χ1n) is 8.45. The van der Waals surface area contributed by atoms with Gasteiger partial charge >= 0.3 is 0 Å². The number of rotatable bonds is 3. The van der Waals surface area contributed by atoms with E-state index in [2.05, 4.69) is 25.6 Å². The van der Waals surface area contributed by atoms with Gasteiger partial charge in [-0.15, -0.1) is 0 Å². The molecule has 0 unspecified atom stereocenters. The number of benzene rings is 1. The van der Waals surface area contributed by atoms with Crippen molar-refractivity contribution in [1.29, 1.82) is 0 Å². The third-order valence-electron chi connectivity index (χ3n) is 4.69. The molecule has 5 heteroatoms. The monoisotopic (exact) mass is 385 g/mol. The maximum atomic E-state index is 10.3. The zero-order chi connectivity index (χ0) is 16.5. The Bertz CT molecular complexity index is 868. The van der Waals surface area contributed by atoms with Crippen LogP contribution >= 0.6 is 15.9 Å². The van der Waals surface area contributed by atoms with E-state index in [0.717, 1.165) is 27.2 Å². The summed E-state index contributed by atoms with van der Waals surface area (Å²) in [4.78, 5) is 4.77. The summed E-state index contributed by atoms with van der Waals surface area (Å²) in [5, 5.41) is 14.0. The van der Waals surface area contributed by atoms with Gasteiger partial charge in [0.25, 0.3) is 0 Å². The molecular weight excluding hydrogens is 366 g/mol. The minimum absolute atomic E-state index is 0.256. The van der Waals surface area contributed by atoms with Gasteiger partial charge in [0, 0.05) is 22.3 Å². The van der Waals surface area contributed by atoms with E-state index in [4.69, 9.17) is 4.98 Å². The number of aromatic nitrogens is 2. The predicted octanol–water partition coefficient (Wildman–Crippen LogP) is 5.21. The number of para-hydroxylation sites is 1. The first kappa shape index (κ1) is 15.5. The molecule has 0 aliphatic heterocycles. The molecule has 0 amide bonds.